The molecule has 1 aromatic rings. The lowest BCUT2D eigenvalue weighted by Gasteiger charge is -2.30. The quantitative estimate of drug-likeness (QED) is 0.831. The van der Waals surface area contributed by atoms with Gasteiger partial charge in [-0.25, -0.2) is 0 Å². The molecule has 0 saturated carbocycles. The lowest BCUT2D eigenvalue weighted by Crippen LogP contribution is -2.32. The smallest absolute Gasteiger partial charge is 0.398 e. The number of alkyl halides is 3. The molecule has 1 aromatic carbocycles. The van der Waals surface area contributed by atoms with Crippen molar-refractivity contribution < 1.29 is 13.2 Å². The molecular weight excluding hydrogens is 241 g/mol. The van der Waals surface area contributed by atoms with E-state index in [0.29, 0.717) is 12.2 Å². The molecule has 18 heavy (non-hydrogen) atoms. The van der Waals surface area contributed by atoms with E-state index in [-0.39, 0.29) is 11.7 Å². The molecule has 0 radical (unpaired) electrons. The fourth-order valence-corrected chi connectivity index (χ4v) is 1.94. The minimum Gasteiger partial charge on any atom is -0.398 e. The van der Waals surface area contributed by atoms with Gasteiger partial charge in [-0.2, -0.15) is 13.2 Å². The SMILES string of the molecule is CCC(C)N(CC)c1ccc(N)c(C(F)(F)F)c1. The van der Waals surface area contributed by atoms with E-state index < -0.39 is 11.7 Å². The molecule has 0 heterocycles. The Morgan fingerprint density at radius 2 is 1.89 bits per heavy atom. The minimum atomic E-state index is -4.41. The van der Waals surface area contributed by atoms with Crippen LogP contribution in [0.5, 0.6) is 0 Å². The number of nitrogens with two attached hydrogens (primary N) is 1. The zero-order chi connectivity index (χ0) is 13.9. The minimum absolute atomic E-state index is 0.194. The summed E-state index contributed by atoms with van der Waals surface area (Å²) in [6, 6.07) is 4.29. The number of halogens is 3. The van der Waals surface area contributed by atoms with Crippen LogP contribution in [0.1, 0.15) is 32.8 Å². The van der Waals surface area contributed by atoms with Crippen LogP contribution in [0.3, 0.4) is 0 Å². The highest BCUT2D eigenvalue weighted by Crippen LogP contribution is 2.36. The van der Waals surface area contributed by atoms with Crippen molar-refractivity contribution in [3.8, 4) is 0 Å². The molecule has 0 fully saturated rings. The van der Waals surface area contributed by atoms with E-state index >= 15 is 0 Å². The van der Waals surface area contributed by atoms with Crippen LogP contribution < -0.4 is 10.6 Å². The molecule has 2 nitrogen and oxygen atoms in total. The number of hydrogen-bond donors (Lipinski definition) is 1. The summed E-state index contributed by atoms with van der Waals surface area (Å²) in [6.07, 6.45) is -3.53. The summed E-state index contributed by atoms with van der Waals surface area (Å²) in [5, 5.41) is 0. The van der Waals surface area contributed by atoms with Gasteiger partial charge < -0.3 is 10.6 Å². The first-order chi connectivity index (χ1) is 8.31. The van der Waals surface area contributed by atoms with Gasteiger partial charge >= 0.3 is 6.18 Å². The van der Waals surface area contributed by atoms with Crippen LogP contribution in [-0.4, -0.2) is 12.6 Å². The molecule has 5 heteroatoms. The maximum atomic E-state index is 12.8. The molecule has 1 atom stereocenters. The number of nitrogen functional groups attached to an aromatic ring is 1. The molecular formula is C13H19F3N2. The third-order valence-corrected chi connectivity index (χ3v) is 3.14. The van der Waals surface area contributed by atoms with Gasteiger partial charge in [0, 0.05) is 24.0 Å². The predicted molar refractivity (Wildman–Crippen MR) is 68.6 cm³/mol. The van der Waals surface area contributed by atoms with E-state index in [9.17, 15) is 13.2 Å². The second-order valence-corrected chi connectivity index (χ2v) is 4.31. The van der Waals surface area contributed by atoms with Crippen LogP contribution in [0.15, 0.2) is 18.2 Å². The molecule has 102 valence electrons. The standard InChI is InChI=1S/C13H19F3N2/c1-4-9(3)18(5-2)10-6-7-12(17)11(8-10)13(14,15)16/h6-9H,4-5,17H2,1-3H3. The Balaban J connectivity index is 3.18. The van der Waals surface area contributed by atoms with Crippen molar-refractivity contribution in [2.24, 2.45) is 0 Å². The molecule has 0 aliphatic carbocycles. The summed E-state index contributed by atoms with van der Waals surface area (Å²) >= 11 is 0. The van der Waals surface area contributed by atoms with E-state index in [1.807, 2.05) is 25.7 Å². The topological polar surface area (TPSA) is 29.3 Å². The highest BCUT2D eigenvalue weighted by Gasteiger charge is 2.33. The number of anilines is 2. The van der Waals surface area contributed by atoms with Gasteiger partial charge in [0.05, 0.1) is 5.56 Å². The summed E-state index contributed by atoms with van der Waals surface area (Å²) in [5.41, 5.74) is 4.96. The zero-order valence-electron chi connectivity index (χ0n) is 10.9. The maximum Gasteiger partial charge on any atom is 0.418 e. The summed E-state index contributed by atoms with van der Waals surface area (Å²) in [5.74, 6) is 0. The van der Waals surface area contributed by atoms with Crippen molar-refractivity contribution in [1.29, 1.82) is 0 Å². The monoisotopic (exact) mass is 260 g/mol. The number of nitrogens with zero attached hydrogens (tertiary/aromatic N) is 1. The molecule has 2 N–H and O–H groups in total. The second kappa shape index (κ2) is 5.50. The van der Waals surface area contributed by atoms with Crippen molar-refractivity contribution in [2.45, 2.75) is 39.4 Å². The molecule has 0 spiro atoms. The Kier molecular flexibility index (Phi) is 4.48. The van der Waals surface area contributed by atoms with E-state index in [2.05, 4.69) is 0 Å². The van der Waals surface area contributed by atoms with E-state index in [1.165, 1.54) is 6.07 Å². The van der Waals surface area contributed by atoms with E-state index in [0.717, 1.165) is 12.5 Å². The summed E-state index contributed by atoms with van der Waals surface area (Å²) < 4.78 is 38.3. The Morgan fingerprint density at radius 3 is 2.33 bits per heavy atom. The first-order valence-electron chi connectivity index (χ1n) is 6.04. The Morgan fingerprint density at radius 1 is 1.28 bits per heavy atom. The number of benzene rings is 1. The Labute approximate surface area is 106 Å². The third kappa shape index (κ3) is 3.09. The summed E-state index contributed by atoms with van der Waals surface area (Å²) in [6.45, 7) is 6.59. The number of hydrogen-bond acceptors (Lipinski definition) is 2. The first-order valence-corrected chi connectivity index (χ1v) is 6.04. The van der Waals surface area contributed by atoms with Crippen molar-refractivity contribution in [2.75, 3.05) is 17.2 Å². The lowest BCUT2D eigenvalue weighted by atomic mass is 10.1. The summed E-state index contributed by atoms with van der Waals surface area (Å²) in [7, 11) is 0. The second-order valence-electron chi connectivity index (χ2n) is 4.31. The molecule has 1 rings (SSSR count). The molecule has 0 amide bonds. The molecule has 0 aromatic heterocycles. The highest BCUT2D eigenvalue weighted by molar-refractivity contribution is 5.59. The van der Waals surface area contributed by atoms with Gasteiger partial charge in [-0.3, -0.25) is 0 Å². The van der Waals surface area contributed by atoms with Crippen LogP contribution in [0.25, 0.3) is 0 Å². The van der Waals surface area contributed by atoms with Gasteiger partial charge in [-0.15, -0.1) is 0 Å². The molecule has 0 saturated heterocycles. The van der Waals surface area contributed by atoms with Crippen molar-refractivity contribution in [3.63, 3.8) is 0 Å². The van der Waals surface area contributed by atoms with Crippen LogP contribution in [-0.2, 0) is 6.18 Å². The molecule has 0 aliphatic rings. The Bertz CT molecular complexity index is 402. The molecule has 0 aliphatic heterocycles. The van der Waals surface area contributed by atoms with Gasteiger partial charge in [0.2, 0.25) is 0 Å². The third-order valence-electron chi connectivity index (χ3n) is 3.14. The van der Waals surface area contributed by atoms with E-state index in [4.69, 9.17) is 5.73 Å². The zero-order valence-corrected chi connectivity index (χ0v) is 10.9. The average molecular weight is 260 g/mol. The first kappa shape index (κ1) is 14.7. The molecule has 0 bridgehead atoms. The van der Waals surface area contributed by atoms with E-state index in [1.54, 1.807) is 6.07 Å². The fraction of sp³-hybridized carbons (Fsp3) is 0.538. The lowest BCUT2D eigenvalue weighted by molar-refractivity contribution is -0.136. The fourth-order valence-electron chi connectivity index (χ4n) is 1.94. The van der Waals surface area contributed by atoms with Gasteiger partial charge in [0.1, 0.15) is 0 Å². The largest absolute Gasteiger partial charge is 0.418 e. The van der Waals surface area contributed by atoms with Crippen molar-refractivity contribution in [3.05, 3.63) is 23.8 Å². The van der Waals surface area contributed by atoms with Crippen LogP contribution >= 0.6 is 0 Å². The summed E-state index contributed by atoms with van der Waals surface area (Å²) in [4.78, 5) is 1.94. The van der Waals surface area contributed by atoms with Gasteiger partial charge in [0.15, 0.2) is 0 Å². The van der Waals surface area contributed by atoms with Crippen LogP contribution in [0.4, 0.5) is 24.5 Å². The number of rotatable bonds is 4. The van der Waals surface area contributed by atoms with Gasteiger partial charge in [0.25, 0.3) is 0 Å². The molecule has 1 unspecified atom stereocenters. The predicted octanol–water partition coefficient (Wildman–Crippen LogP) is 3.91. The normalized spacial score (nSPS) is 13.4. The van der Waals surface area contributed by atoms with Gasteiger partial charge in [-0.05, 0) is 38.5 Å². The van der Waals surface area contributed by atoms with Crippen molar-refractivity contribution >= 4 is 11.4 Å². The van der Waals surface area contributed by atoms with Crippen molar-refractivity contribution in [1.82, 2.24) is 0 Å². The highest BCUT2D eigenvalue weighted by atomic mass is 19.4. The van der Waals surface area contributed by atoms with Gasteiger partial charge in [-0.1, -0.05) is 6.92 Å². The van der Waals surface area contributed by atoms with Crippen LogP contribution in [0, 0.1) is 0 Å². The van der Waals surface area contributed by atoms with Crippen LogP contribution in [0.2, 0.25) is 0 Å². The Hall–Kier alpha value is -1.39. The average Bonchev–Trinajstić information content (AvgIpc) is 2.30. The maximum absolute atomic E-state index is 12.8.